The van der Waals surface area contributed by atoms with E-state index in [-0.39, 0.29) is 17.8 Å². The van der Waals surface area contributed by atoms with Gasteiger partial charge in [-0.3, -0.25) is 19.4 Å². The average molecular weight is 423 g/mol. The molecule has 3 aromatic heterocycles. The van der Waals surface area contributed by atoms with Crippen molar-refractivity contribution in [1.82, 2.24) is 19.7 Å². The maximum atomic E-state index is 13.7. The lowest BCUT2D eigenvalue weighted by Gasteiger charge is -2.35. The normalized spacial score (nSPS) is 15.7. The van der Waals surface area contributed by atoms with Crippen LogP contribution in [-0.2, 0) is 24.2 Å². The highest BCUT2D eigenvalue weighted by atomic mass is 19.1. The van der Waals surface area contributed by atoms with Gasteiger partial charge in [-0.15, -0.1) is 0 Å². The first kappa shape index (κ1) is 21.0. The standard InChI is InChI=1S/C23H27FN6O/c1-5-20-23(31)28-22-15(3)27-18(9-21(22)29(20)4)7-6-16-11-26-30(12-16)13-17-8-19(24)14(2)25-10-17/h8-12,20H,5-7,13H2,1-4H3,(H,28,31)/t20-/m0/s1. The van der Waals surface area contributed by atoms with Crippen LogP contribution in [-0.4, -0.2) is 38.7 Å². The van der Waals surface area contributed by atoms with Gasteiger partial charge in [-0.1, -0.05) is 6.92 Å². The molecule has 4 heterocycles. The van der Waals surface area contributed by atoms with Gasteiger partial charge >= 0.3 is 0 Å². The van der Waals surface area contributed by atoms with Crippen molar-refractivity contribution < 1.29 is 9.18 Å². The van der Waals surface area contributed by atoms with Crippen LogP contribution in [0.25, 0.3) is 0 Å². The predicted molar refractivity (Wildman–Crippen MR) is 118 cm³/mol. The van der Waals surface area contributed by atoms with Gasteiger partial charge in [0.2, 0.25) is 5.91 Å². The van der Waals surface area contributed by atoms with Crippen LogP contribution in [0.5, 0.6) is 0 Å². The lowest BCUT2D eigenvalue weighted by atomic mass is 10.0. The zero-order chi connectivity index (χ0) is 22.1. The van der Waals surface area contributed by atoms with Crippen LogP contribution in [0.15, 0.2) is 30.7 Å². The van der Waals surface area contributed by atoms with Crippen LogP contribution < -0.4 is 10.2 Å². The Morgan fingerprint density at radius 1 is 1.13 bits per heavy atom. The van der Waals surface area contributed by atoms with E-state index in [2.05, 4.69) is 21.5 Å². The van der Waals surface area contributed by atoms with Crippen molar-refractivity contribution >= 4 is 17.3 Å². The minimum Gasteiger partial charge on any atom is -0.361 e. The Bertz CT molecular complexity index is 1130. The Balaban J connectivity index is 1.45. The van der Waals surface area contributed by atoms with Gasteiger partial charge in [0.05, 0.1) is 35.5 Å². The van der Waals surface area contributed by atoms with Gasteiger partial charge in [0.15, 0.2) is 0 Å². The van der Waals surface area contributed by atoms with Gasteiger partial charge < -0.3 is 10.2 Å². The molecule has 0 unspecified atom stereocenters. The van der Waals surface area contributed by atoms with Gasteiger partial charge in [0.1, 0.15) is 11.9 Å². The van der Waals surface area contributed by atoms with E-state index < -0.39 is 0 Å². The minimum atomic E-state index is -0.301. The van der Waals surface area contributed by atoms with E-state index in [0.717, 1.165) is 53.2 Å². The molecule has 1 amide bonds. The molecule has 0 fully saturated rings. The molecule has 162 valence electrons. The van der Waals surface area contributed by atoms with Crippen molar-refractivity contribution in [2.75, 3.05) is 17.3 Å². The molecule has 3 aromatic rings. The van der Waals surface area contributed by atoms with Crippen LogP contribution in [0.3, 0.4) is 0 Å². The number of aryl methyl sites for hydroxylation is 4. The smallest absolute Gasteiger partial charge is 0.247 e. The number of rotatable bonds is 6. The van der Waals surface area contributed by atoms with Gasteiger partial charge in [-0.2, -0.15) is 5.10 Å². The highest BCUT2D eigenvalue weighted by Gasteiger charge is 2.30. The number of fused-ring (bicyclic) bond motifs is 1. The number of hydrogen-bond donors (Lipinski definition) is 1. The number of carbonyl (C=O) groups excluding carboxylic acids is 1. The second kappa shape index (κ2) is 8.45. The third kappa shape index (κ3) is 4.28. The summed E-state index contributed by atoms with van der Waals surface area (Å²) in [5.41, 5.74) is 5.88. The van der Waals surface area contributed by atoms with Gasteiger partial charge in [-0.05, 0) is 56.4 Å². The van der Waals surface area contributed by atoms with E-state index in [4.69, 9.17) is 4.98 Å². The SMILES string of the molecule is CC[C@H]1C(=O)Nc2c(cc(CCc3cnn(Cc4cnc(C)c(F)c4)c3)nc2C)N1C. The molecule has 0 saturated carbocycles. The summed E-state index contributed by atoms with van der Waals surface area (Å²) in [6.07, 6.45) is 7.79. The largest absolute Gasteiger partial charge is 0.361 e. The summed E-state index contributed by atoms with van der Waals surface area (Å²) in [6.45, 7) is 6.06. The van der Waals surface area contributed by atoms with Crippen molar-refractivity contribution in [3.8, 4) is 0 Å². The summed E-state index contributed by atoms with van der Waals surface area (Å²) < 4.78 is 15.5. The predicted octanol–water partition coefficient (Wildman–Crippen LogP) is 3.43. The molecular weight excluding hydrogens is 395 g/mol. The topological polar surface area (TPSA) is 75.9 Å². The van der Waals surface area contributed by atoms with Crippen molar-refractivity contribution in [1.29, 1.82) is 0 Å². The van der Waals surface area contributed by atoms with Gasteiger partial charge in [0, 0.05) is 25.1 Å². The van der Waals surface area contributed by atoms with E-state index in [9.17, 15) is 9.18 Å². The zero-order valence-electron chi connectivity index (χ0n) is 18.3. The first-order valence-corrected chi connectivity index (χ1v) is 10.5. The van der Waals surface area contributed by atoms with E-state index in [1.54, 1.807) is 17.8 Å². The molecule has 1 atom stereocenters. The number of nitrogens with zero attached hydrogens (tertiary/aromatic N) is 5. The summed E-state index contributed by atoms with van der Waals surface area (Å²) in [5, 5.41) is 7.40. The van der Waals surface area contributed by atoms with Crippen molar-refractivity contribution in [3.05, 3.63) is 64.7 Å². The Morgan fingerprint density at radius 3 is 2.68 bits per heavy atom. The van der Waals surface area contributed by atoms with E-state index >= 15 is 0 Å². The van der Waals surface area contributed by atoms with Crippen LogP contribution in [0.2, 0.25) is 0 Å². The molecule has 0 radical (unpaired) electrons. The highest BCUT2D eigenvalue weighted by molar-refractivity contribution is 6.04. The van der Waals surface area contributed by atoms with Gasteiger partial charge in [0.25, 0.3) is 0 Å². The molecule has 7 nitrogen and oxygen atoms in total. The fraction of sp³-hybridized carbons (Fsp3) is 0.391. The molecular formula is C23H27FN6O. The lowest BCUT2D eigenvalue weighted by Crippen LogP contribution is -2.46. The number of anilines is 2. The summed E-state index contributed by atoms with van der Waals surface area (Å²) in [5.74, 6) is -0.281. The van der Waals surface area contributed by atoms with Crippen molar-refractivity contribution in [2.24, 2.45) is 0 Å². The summed E-state index contributed by atoms with van der Waals surface area (Å²) in [4.78, 5) is 23.1. The Morgan fingerprint density at radius 2 is 1.94 bits per heavy atom. The van der Waals surface area contributed by atoms with E-state index in [1.807, 2.05) is 38.2 Å². The lowest BCUT2D eigenvalue weighted by molar-refractivity contribution is -0.117. The molecule has 0 spiro atoms. The zero-order valence-corrected chi connectivity index (χ0v) is 18.3. The second-order valence-electron chi connectivity index (χ2n) is 8.07. The fourth-order valence-electron chi connectivity index (χ4n) is 4.00. The number of aromatic nitrogens is 4. The molecule has 4 rings (SSSR count). The molecule has 1 N–H and O–H groups in total. The van der Waals surface area contributed by atoms with E-state index in [1.165, 1.54) is 6.07 Å². The molecule has 1 aliphatic rings. The van der Waals surface area contributed by atoms with Crippen LogP contribution in [0, 0.1) is 19.7 Å². The summed E-state index contributed by atoms with van der Waals surface area (Å²) in [7, 11) is 1.96. The molecule has 31 heavy (non-hydrogen) atoms. The number of halogens is 1. The molecule has 8 heteroatoms. The third-order valence-corrected chi connectivity index (χ3v) is 5.80. The van der Waals surface area contributed by atoms with Crippen molar-refractivity contribution in [3.63, 3.8) is 0 Å². The molecule has 0 aliphatic carbocycles. The molecule has 0 saturated heterocycles. The van der Waals surface area contributed by atoms with Crippen LogP contribution in [0.1, 0.15) is 41.6 Å². The summed E-state index contributed by atoms with van der Waals surface area (Å²) in [6, 6.07) is 3.40. The first-order chi connectivity index (χ1) is 14.9. The maximum absolute atomic E-state index is 13.7. The quantitative estimate of drug-likeness (QED) is 0.659. The number of nitrogens with one attached hydrogen (secondary N) is 1. The average Bonchev–Trinajstić information content (AvgIpc) is 3.18. The summed E-state index contributed by atoms with van der Waals surface area (Å²) >= 11 is 0. The first-order valence-electron chi connectivity index (χ1n) is 10.5. The van der Waals surface area contributed by atoms with Gasteiger partial charge in [-0.25, -0.2) is 4.39 Å². The van der Waals surface area contributed by atoms with Crippen LogP contribution >= 0.6 is 0 Å². The Hall–Kier alpha value is -3.29. The fourth-order valence-corrected chi connectivity index (χ4v) is 4.00. The Kier molecular flexibility index (Phi) is 5.71. The number of amides is 1. The highest BCUT2D eigenvalue weighted by Crippen LogP contribution is 2.34. The van der Waals surface area contributed by atoms with E-state index in [0.29, 0.717) is 12.2 Å². The molecule has 0 aromatic carbocycles. The third-order valence-electron chi connectivity index (χ3n) is 5.80. The molecule has 0 bridgehead atoms. The molecule has 1 aliphatic heterocycles. The monoisotopic (exact) mass is 422 g/mol. The number of likely N-dealkylation sites (N-methyl/N-ethyl adjacent to an activating group) is 1. The second-order valence-corrected chi connectivity index (χ2v) is 8.07. The number of pyridine rings is 2. The Labute approximate surface area is 181 Å². The minimum absolute atomic E-state index is 0.0197. The van der Waals surface area contributed by atoms with Crippen LogP contribution in [0.4, 0.5) is 15.8 Å². The van der Waals surface area contributed by atoms with Crippen molar-refractivity contribution in [2.45, 2.75) is 52.6 Å². The number of hydrogen-bond acceptors (Lipinski definition) is 5. The number of carbonyl (C=O) groups is 1. The maximum Gasteiger partial charge on any atom is 0.247 e.